The van der Waals surface area contributed by atoms with Crippen LogP contribution in [0.4, 0.5) is 0 Å². The Hall–Kier alpha value is -2.20. The van der Waals surface area contributed by atoms with Crippen molar-refractivity contribution in [1.82, 2.24) is 5.32 Å². The highest BCUT2D eigenvalue weighted by atomic mass is 35.5. The summed E-state index contributed by atoms with van der Waals surface area (Å²) in [7, 11) is 3.19. The molecule has 23 heavy (non-hydrogen) atoms. The predicted octanol–water partition coefficient (Wildman–Crippen LogP) is 4.16. The van der Waals surface area contributed by atoms with Gasteiger partial charge in [0, 0.05) is 10.6 Å². The zero-order chi connectivity index (χ0) is 17.0. The van der Waals surface area contributed by atoms with E-state index in [1.165, 1.54) is 0 Å². The van der Waals surface area contributed by atoms with Gasteiger partial charge in [0.15, 0.2) is 11.5 Å². The highest BCUT2D eigenvalue weighted by Crippen LogP contribution is 2.32. The number of amides is 1. The Morgan fingerprint density at radius 3 is 2.22 bits per heavy atom. The standard InChI is InChI=1S/C18H20ClNO3/c1-11-9-16(22-3)17(23-4)10-15(11)12(2)20-18(21)13-5-7-14(19)8-6-13/h5-10,12H,1-4H3,(H,20,21)/t12-/m1/s1. The molecule has 2 aromatic rings. The fourth-order valence-electron chi connectivity index (χ4n) is 2.42. The van der Waals surface area contributed by atoms with Crippen molar-refractivity contribution in [3.63, 3.8) is 0 Å². The quantitative estimate of drug-likeness (QED) is 0.893. The number of carbonyl (C=O) groups is 1. The minimum absolute atomic E-state index is 0.150. The van der Waals surface area contributed by atoms with Gasteiger partial charge in [0.05, 0.1) is 20.3 Å². The van der Waals surface area contributed by atoms with Crippen LogP contribution in [0.3, 0.4) is 0 Å². The second-order valence-electron chi connectivity index (χ2n) is 5.27. The van der Waals surface area contributed by atoms with Crippen LogP contribution in [-0.4, -0.2) is 20.1 Å². The molecule has 0 aliphatic heterocycles. The average Bonchev–Trinajstić information content (AvgIpc) is 2.54. The number of nitrogens with one attached hydrogen (secondary N) is 1. The molecule has 4 nitrogen and oxygen atoms in total. The smallest absolute Gasteiger partial charge is 0.251 e. The molecule has 122 valence electrons. The van der Waals surface area contributed by atoms with Crippen LogP contribution in [0.25, 0.3) is 0 Å². The van der Waals surface area contributed by atoms with E-state index >= 15 is 0 Å². The SMILES string of the molecule is COc1cc(C)c([C@@H](C)NC(=O)c2ccc(Cl)cc2)cc1OC. The zero-order valence-electron chi connectivity index (χ0n) is 13.6. The molecule has 0 unspecified atom stereocenters. The molecule has 1 atom stereocenters. The summed E-state index contributed by atoms with van der Waals surface area (Å²) < 4.78 is 10.6. The van der Waals surface area contributed by atoms with Gasteiger partial charge in [0.2, 0.25) is 0 Å². The summed E-state index contributed by atoms with van der Waals surface area (Å²) in [6, 6.07) is 10.4. The third-order valence-corrected chi connectivity index (χ3v) is 3.94. The molecule has 0 bridgehead atoms. The molecule has 0 spiro atoms. The fourth-order valence-corrected chi connectivity index (χ4v) is 2.55. The van der Waals surface area contributed by atoms with Crippen molar-refractivity contribution in [1.29, 1.82) is 0 Å². The van der Waals surface area contributed by atoms with Gasteiger partial charge >= 0.3 is 0 Å². The topological polar surface area (TPSA) is 47.6 Å². The van der Waals surface area contributed by atoms with Crippen LogP contribution in [0.15, 0.2) is 36.4 Å². The summed E-state index contributed by atoms with van der Waals surface area (Å²) in [5, 5.41) is 3.59. The van der Waals surface area contributed by atoms with Gasteiger partial charge in [-0.3, -0.25) is 4.79 Å². The molecule has 0 aliphatic carbocycles. The number of hydrogen-bond donors (Lipinski definition) is 1. The molecule has 0 radical (unpaired) electrons. The summed E-state index contributed by atoms with van der Waals surface area (Å²) in [4.78, 5) is 12.3. The largest absolute Gasteiger partial charge is 0.493 e. The number of methoxy groups -OCH3 is 2. The van der Waals surface area contributed by atoms with Crippen molar-refractivity contribution in [2.75, 3.05) is 14.2 Å². The minimum Gasteiger partial charge on any atom is -0.493 e. The summed E-state index contributed by atoms with van der Waals surface area (Å²) >= 11 is 5.84. The van der Waals surface area contributed by atoms with Crippen molar-refractivity contribution < 1.29 is 14.3 Å². The summed E-state index contributed by atoms with van der Waals surface area (Å²) in [5.74, 6) is 1.16. The third kappa shape index (κ3) is 3.96. The molecule has 1 amide bonds. The molecule has 0 heterocycles. The predicted molar refractivity (Wildman–Crippen MR) is 91.6 cm³/mol. The number of halogens is 1. The van der Waals surface area contributed by atoms with E-state index in [2.05, 4.69) is 5.32 Å². The Bertz CT molecular complexity index is 698. The van der Waals surface area contributed by atoms with Gasteiger partial charge in [-0.15, -0.1) is 0 Å². The molecule has 0 aliphatic rings. The van der Waals surface area contributed by atoms with E-state index in [1.54, 1.807) is 38.5 Å². The Morgan fingerprint density at radius 1 is 1.09 bits per heavy atom. The van der Waals surface area contributed by atoms with E-state index in [1.807, 2.05) is 26.0 Å². The summed E-state index contributed by atoms with van der Waals surface area (Å²) in [6.45, 7) is 3.91. The number of ether oxygens (including phenoxy) is 2. The van der Waals surface area contributed by atoms with Crippen molar-refractivity contribution in [2.45, 2.75) is 19.9 Å². The molecule has 5 heteroatoms. The van der Waals surface area contributed by atoms with Gasteiger partial charge < -0.3 is 14.8 Å². The van der Waals surface area contributed by atoms with Crippen LogP contribution in [0.5, 0.6) is 11.5 Å². The summed E-state index contributed by atoms with van der Waals surface area (Å²) in [5.41, 5.74) is 2.57. The molecule has 1 N–H and O–H groups in total. The Labute approximate surface area is 141 Å². The second kappa shape index (κ2) is 7.38. The Balaban J connectivity index is 2.21. The number of rotatable bonds is 5. The first-order valence-corrected chi connectivity index (χ1v) is 7.63. The Kier molecular flexibility index (Phi) is 5.50. The van der Waals surface area contributed by atoms with Crippen molar-refractivity contribution in [2.24, 2.45) is 0 Å². The van der Waals surface area contributed by atoms with Crippen LogP contribution >= 0.6 is 11.6 Å². The van der Waals surface area contributed by atoms with E-state index in [0.29, 0.717) is 22.1 Å². The van der Waals surface area contributed by atoms with Crippen molar-refractivity contribution >= 4 is 17.5 Å². The summed E-state index contributed by atoms with van der Waals surface area (Å²) in [6.07, 6.45) is 0. The van der Waals surface area contributed by atoms with E-state index in [0.717, 1.165) is 11.1 Å². The number of aryl methyl sites for hydroxylation is 1. The molecule has 0 saturated heterocycles. The van der Waals surface area contributed by atoms with Gasteiger partial charge in [0.25, 0.3) is 5.91 Å². The number of benzene rings is 2. The van der Waals surface area contributed by atoms with Crippen LogP contribution in [0, 0.1) is 6.92 Å². The molecule has 2 aromatic carbocycles. The first-order valence-electron chi connectivity index (χ1n) is 7.25. The number of carbonyl (C=O) groups excluding carboxylic acids is 1. The van der Waals surface area contributed by atoms with Gasteiger partial charge in [-0.1, -0.05) is 11.6 Å². The molecule has 0 aromatic heterocycles. The van der Waals surface area contributed by atoms with Crippen LogP contribution in [0.1, 0.15) is 34.5 Å². The lowest BCUT2D eigenvalue weighted by Gasteiger charge is -2.19. The highest BCUT2D eigenvalue weighted by molar-refractivity contribution is 6.30. The van der Waals surface area contributed by atoms with Gasteiger partial charge in [-0.05, 0) is 61.4 Å². The normalized spacial score (nSPS) is 11.7. The lowest BCUT2D eigenvalue weighted by Crippen LogP contribution is -2.27. The van der Waals surface area contributed by atoms with E-state index in [-0.39, 0.29) is 11.9 Å². The maximum atomic E-state index is 12.3. The van der Waals surface area contributed by atoms with Crippen molar-refractivity contribution in [3.05, 3.63) is 58.1 Å². The van der Waals surface area contributed by atoms with E-state index in [9.17, 15) is 4.79 Å². The van der Waals surface area contributed by atoms with E-state index < -0.39 is 0 Å². The molecule has 0 saturated carbocycles. The van der Waals surface area contributed by atoms with Gasteiger partial charge in [-0.25, -0.2) is 0 Å². The molecule has 0 fully saturated rings. The Morgan fingerprint density at radius 2 is 1.65 bits per heavy atom. The van der Waals surface area contributed by atoms with Gasteiger partial charge in [0.1, 0.15) is 0 Å². The maximum Gasteiger partial charge on any atom is 0.251 e. The minimum atomic E-state index is -0.169. The van der Waals surface area contributed by atoms with Crippen molar-refractivity contribution in [3.8, 4) is 11.5 Å². The lowest BCUT2D eigenvalue weighted by molar-refractivity contribution is 0.0940. The monoisotopic (exact) mass is 333 g/mol. The molecular weight excluding hydrogens is 314 g/mol. The lowest BCUT2D eigenvalue weighted by atomic mass is 10.0. The fraction of sp³-hybridized carbons (Fsp3) is 0.278. The second-order valence-corrected chi connectivity index (χ2v) is 5.70. The molecule has 2 rings (SSSR count). The maximum absolute atomic E-state index is 12.3. The average molecular weight is 334 g/mol. The first kappa shape index (κ1) is 17.2. The zero-order valence-corrected chi connectivity index (χ0v) is 14.4. The van der Waals surface area contributed by atoms with Crippen LogP contribution < -0.4 is 14.8 Å². The molecular formula is C18H20ClNO3. The highest BCUT2D eigenvalue weighted by Gasteiger charge is 2.16. The first-order chi connectivity index (χ1) is 11.0. The van der Waals surface area contributed by atoms with Gasteiger partial charge in [-0.2, -0.15) is 0 Å². The number of hydrogen-bond acceptors (Lipinski definition) is 3. The van der Waals surface area contributed by atoms with Crippen LogP contribution in [-0.2, 0) is 0 Å². The van der Waals surface area contributed by atoms with Crippen LogP contribution in [0.2, 0.25) is 5.02 Å². The van der Waals surface area contributed by atoms with E-state index in [4.69, 9.17) is 21.1 Å². The third-order valence-electron chi connectivity index (χ3n) is 3.69.